The second-order valence-corrected chi connectivity index (χ2v) is 6.70. The van der Waals surface area contributed by atoms with Gasteiger partial charge in [0.25, 0.3) is 0 Å². The molecule has 0 unspecified atom stereocenters. The topological polar surface area (TPSA) is 211 Å². The summed E-state index contributed by atoms with van der Waals surface area (Å²) in [4.78, 5) is 48.5. The van der Waals surface area contributed by atoms with E-state index in [4.69, 9.17) is 30.5 Å². The third-order valence-corrected chi connectivity index (χ3v) is 3.26. The van der Waals surface area contributed by atoms with E-state index in [2.05, 4.69) is 15.0 Å². The van der Waals surface area contributed by atoms with Gasteiger partial charge >= 0.3 is 19.5 Å². The molecule has 0 spiro atoms. The molecule has 6 N–H and O–H groups in total. The van der Waals surface area contributed by atoms with Crippen LogP contribution in [0.1, 0.15) is 6.92 Å². The lowest BCUT2D eigenvalue weighted by molar-refractivity contribution is -0.134. The van der Waals surface area contributed by atoms with Gasteiger partial charge in [0.1, 0.15) is 18.2 Å². The SMILES string of the molecule is C[C@H](Cn1cnc2c(N)ncnc21)OCP(=O)(O)O.O=C(O)/C=C/C(=O)O. The van der Waals surface area contributed by atoms with Crippen molar-refractivity contribution in [2.24, 2.45) is 0 Å². The second kappa shape index (κ2) is 9.73. The van der Waals surface area contributed by atoms with E-state index < -0.39 is 32.0 Å². The Morgan fingerprint density at radius 2 is 1.85 bits per heavy atom. The van der Waals surface area contributed by atoms with Crippen molar-refractivity contribution in [2.45, 2.75) is 19.6 Å². The van der Waals surface area contributed by atoms with Crippen LogP contribution < -0.4 is 5.73 Å². The number of carbonyl (C=O) groups is 2. The molecule has 0 amide bonds. The van der Waals surface area contributed by atoms with E-state index in [9.17, 15) is 14.2 Å². The van der Waals surface area contributed by atoms with Crippen LogP contribution in [0, 0.1) is 0 Å². The number of carboxylic acids is 2. The molecule has 2 aromatic heterocycles. The van der Waals surface area contributed by atoms with E-state index in [0.29, 0.717) is 29.9 Å². The van der Waals surface area contributed by atoms with Gasteiger partial charge in [-0.25, -0.2) is 24.5 Å². The maximum absolute atomic E-state index is 10.7. The molecule has 0 aromatic carbocycles. The molecule has 0 aliphatic rings. The number of rotatable bonds is 7. The Kier molecular flexibility index (Phi) is 7.99. The maximum Gasteiger partial charge on any atom is 0.350 e. The van der Waals surface area contributed by atoms with Gasteiger partial charge in [-0.1, -0.05) is 0 Å². The molecule has 0 aliphatic heterocycles. The number of nitrogen functional groups attached to an aromatic ring is 1. The van der Waals surface area contributed by atoms with Crippen molar-refractivity contribution in [3.8, 4) is 0 Å². The van der Waals surface area contributed by atoms with E-state index in [1.165, 1.54) is 12.7 Å². The van der Waals surface area contributed by atoms with Crippen molar-refractivity contribution >= 4 is 36.5 Å². The Morgan fingerprint density at radius 1 is 1.26 bits per heavy atom. The Bertz CT molecular complexity index is 861. The van der Waals surface area contributed by atoms with Crippen molar-refractivity contribution < 1.29 is 38.9 Å². The number of ether oxygens (including phenoxy) is 1. The molecule has 0 radical (unpaired) electrons. The summed E-state index contributed by atoms with van der Waals surface area (Å²) < 4.78 is 17.5. The second-order valence-electron chi connectivity index (χ2n) is 5.11. The van der Waals surface area contributed by atoms with Gasteiger partial charge in [0.15, 0.2) is 11.5 Å². The number of aromatic nitrogens is 4. The molecular formula is C13H18N5O8P. The molecule has 27 heavy (non-hydrogen) atoms. The van der Waals surface area contributed by atoms with E-state index in [0.717, 1.165) is 0 Å². The molecule has 14 heteroatoms. The molecule has 0 fully saturated rings. The van der Waals surface area contributed by atoms with Crippen LogP contribution >= 0.6 is 7.60 Å². The van der Waals surface area contributed by atoms with Gasteiger partial charge < -0.3 is 35.0 Å². The zero-order valence-electron chi connectivity index (χ0n) is 14.0. The number of imidazole rings is 1. The number of nitrogens with two attached hydrogens (primary N) is 1. The number of nitrogens with zero attached hydrogens (tertiary/aromatic N) is 4. The quantitative estimate of drug-likeness (QED) is 0.297. The maximum atomic E-state index is 10.7. The first-order valence-corrected chi connectivity index (χ1v) is 9.00. The first kappa shape index (κ1) is 22.2. The number of aliphatic carboxylic acids is 2. The van der Waals surface area contributed by atoms with Gasteiger partial charge in [-0.2, -0.15) is 0 Å². The van der Waals surface area contributed by atoms with Crippen LogP contribution in [0.25, 0.3) is 11.2 Å². The van der Waals surface area contributed by atoms with Crippen molar-refractivity contribution in [1.29, 1.82) is 0 Å². The minimum Gasteiger partial charge on any atom is -0.478 e. The Hall–Kier alpha value is -2.86. The summed E-state index contributed by atoms with van der Waals surface area (Å²) in [7, 11) is -4.16. The molecule has 0 saturated heterocycles. The fraction of sp³-hybridized carbons (Fsp3) is 0.308. The highest BCUT2D eigenvalue weighted by Gasteiger charge is 2.16. The number of hydrogen-bond donors (Lipinski definition) is 5. The molecule has 2 rings (SSSR count). The summed E-state index contributed by atoms with van der Waals surface area (Å²) in [5.74, 6) is -2.23. The number of anilines is 1. The molecule has 2 aromatic rings. The Labute approximate surface area is 152 Å². The highest BCUT2D eigenvalue weighted by molar-refractivity contribution is 7.51. The standard InChI is InChI=1S/C9H14N5O4P.C4H4O4/c1-6(18-5-19(15,16)17)2-14-4-13-7-8(10)11-3-12-9(7)14;5-3(6)1-2-4(7)8/h3-4,6H,2,5H2,1H3,(H2,10,11,12)(H2,15,16,17);1-2H,(H,5,6)(H,7,8)/b;2-1+/t6-;/m1./s1. The summed E-state index contributed by atoms with van der Waals surface area (Å²) in [6.45, 7) is 2.05. The van der Waals surface area contributed by atoms with Crippen molar-refractivity contribution in [1.82, 2.24) is 19.5 Å². The van der Waals surface area contributed by atoms with Crippen LogP contribution in [0.2, 0.25) is 0 Å². The fourth-order valence-electron chi connectivity index (χ4n) is 1.73. The zero-order valence-corrected chi connectivity index (χ0v) is 14.9. The summed E-state index contributed by atoms with van der Waals surface area (Å²) in [6.07, 6.45) is 2.97. The lowest BCUT2D eigenvalue weighted by atomic mass is 10.4. The van der Waals surface area contributed by atoms with Crippen LogP contribution in [0.3, 0.4) is 0 Å². The number of fused-ring (bicyclic) bond motifs is 1. The van der Waals surface area contributed by atoms with Gasteiger partial charge in [-0.3, -0.25) is 4.57 Å². The summed E-state index contributed by atoms with van der Waals surface area (Å²) in [6, 6.07) is 0. The number of carboxylic acid groups (broad SMARTS) is 2. The van der Waals surface area contributed by atoms with Gasteiger partial charge in [0, 0.05) is 12.2 Å². The molecular weight excluding hydrogens is 385 g/mol. The zero-order chi connectivity index (χ0) is 20.6. The summed E-state index contributed by atoms with van der Waals surface area (Å²) in [5, 5.41) is 15.6. The number of hydrogen-bond acceptors (Lipinski definition) is 8. The first-order valence-electron chi connectivity index (χ1n) is 7.21. The Morgan fingerprint density at radius 3 is 2.37 bits per heavy atom. The van der Waals surface area contributed by atoms with Crippen LogP contribution in [-0.4, -0.2) is 63.9 Å². The van der Waals surface area contributed by atoms with E-state index in [1.54, 1.807) is 11.5 Å². The fourth-order valence-corrected chi connectivity index (χ4v) is 2.18. The van der Waals surface area contributed by atoms with Gasteiger partial charge in [0.05, 0.1) is 19.0 Å². The monoisotopic (exact) mass is 403 g/mol. The predicted octanol–water partition coefficient (Wildman–Crippen LogP) is -0.339. The molecule has 0 aliphatic carbocycles. The van der Waals surface area contributed by atoms with E-state index in [-0.39, 0.29) is 5.82 Å². The smallest absolute Gasteiger partial charge is 0.350 e. The van der Waals surface area contributed by atoms with Crippen molar-refractivity contribution in [2.75, 3.05) is 12.1 Å². The summed E-state index contributed by atoms with van der Waals surface area (Å²) >= 11 is 0. The van der Waals surface area contributed by atoms with Gasteiger partial charge in [-0.05, 0) is 6.92 Å². The van der Waals surface area contributed by atoms with E-state index >= 15 is 0 Å². The Balaban J connectivity index is 0.000000387. The molecule has 13 nitrogen and oxygen atoms in total. The molecule has 1 atom stereocenters. The average molecular weight is 403 g/mol. The molecule has 2 heterocycles. The highest BCUT2D eigenvalue weighted by atomic mass is 31.2. The normalized spacial score (nSPS) is 12.6. The van der Waals surface area contributed by atoms with Gasteiger partial charge in [-0.15, -0.1) is 0 Å². The lowest BCUT2D eigenvalue weighted by Gasteiger charge is -2.14. The highest BCUT2D eigenvalue weighted by Crippen LogP contribution is 2.34. The van der Waals surface area contributed by atoms with Crippen LogP contribution in [0.15, 0.2) is 24.8 Å². The summed E-state index contributed by atoms with van der Waals surface area (Å²) in [5.41, 5.74) is 6.70. The average Bonchev–Trinajstić information content (AvgIpc) is 2.95. The van der Waals surface area contributed by atoms with Gasteiger partial charge in [0.2, 0.25) is 0 Å². The minimum atomic E-state index is -4.16. The first-order chi connectivity index (χ1) is 12.5. The van der Waals surface area contributed by atoms with Crippen LogP contribution in [-0.2, 0) is 25.4 Å². The van der Waals surface area contributed by atoms with Crippen molar-refractivity contribution in [3.63, 3.8) is 0 Å². The van der Waals surface area contributed by atoms with Crippen LogP contribution in [0.5, 0.6) is 0 Å². The predicted molar refractivity (Wildman–Crippen MR) is 91.6 cm³/mol. The largest absolute Gasteiger partial charge is 0.478 e. The molecule has 0 saturated carbocycles. The lowest BCUT2D eigenvalue weighted by Crippen LogP contribution is -2.17. The third-order valence-electron chi connectivity index (χ3n) is 2.78. The molecule has 148 valence electrons. The van der Waals surface area contributed by atoms with Crippen LogP contribution in [0.4, 0.5) is 5.82 Å². The minimum absolute atomic E-state index is 0.285. The third kappa shape index (κ3) is 8.37. The van der Waals surface area contributed by atoms with E-state index in [1.807, 2.05) is 0 Å². The van der Waals surface area contributed by atoms with Crippen molar-refractivity contribution in [3.05, 3.63) is 24.8 Å². The molecule has 0 bridgehead atoms.